The molecule has 1 unspecified atom stereocenters. The summed E-state index contributed by atoms with van der Waals surface area (Å²) in [5.74, 6) is -0.167. The van der Waals surface area contributed by atoms with Crippen LogP contribution in [0.4, 0.5) is 0 Å². The zero-order valence-corrected chi connectivity index (χ0v) is 11.3. The van der Waals surface area contributed by atoms with Gasteiger partial charge in [0.25, 0.3) is 5.91 Å². The van der Waals surface area contributed by atoms with Crippen LogP contribution in [0.25, 0.3) is 0 Å². The molecule has 2 N–H and O–H groups in total. The molecule has 100 valence electrons. The fourth-order valence-electron chi connectivity index (χ4n) is 1.52. The molecule has 5 heteroatoms. The fourth-order valence-corrected chi connectivity index (χ4v) is 1.63. The summed E-state index contributed by atoms with van der Waals surface area (Å²) in [6.45, 7) is 2.53. The van der Waals surface area contributed by atoms with E-state index in [2.05, 4.69) is 5.32 Å². The molecule has 1 aromatic rings. The molecule has 0 radical (unpaired) electrons. The second-order valence-electron chi connectivity index (χ2n) is 4.12. The van der Waals surface area contributed by atoms with Gasteiger partial charge in [0.1, 0.15) is 0 Å². The number of aryl methyl sites for hydroxylation is 1. The molecule has 1 aromatic carbocycles. The zero-order chi connectivity index (χ0) is 13.5. The van der Waals surface area contributed by atoms with Crippen molar-refractivity contribution in [3.63, 3.8) is 0 Å². The number of carbonyl (C=O) groups is 1. The van der Waals surface area contributed by atoms with E-state index < -0.39 is 6.10 Å². The Kier molecular flexibility index (Phi) is 6.12. The molecule has 0 fully saturated rings. The second-order valence-corrected chi connectivity index (χ2v) is 4.52. The molecule has 4 nitrogen and oxygen atoms in total. The van der Waals surface area contributed by atoms with Crippen molar-refractivity contribution >= 4 is 17.5 Å². The van der Waals surface area contributed by atoms with Crippen LogP contribution in [0.3, 0.4) is 0 Å². The van der Waals surface area contributed by atoms with Crippen molar-refractivity contribution in [1.29, 1.82) is 0 Å². The number of aliphatic hydroxyl groups excluding tert-OH is 1. The number of rotatable bonds is 6. The van der Waals surface area contributed by atoms with Crippen molar-refractivity contribution in [3.8, 4) is 0 Å². The Morgan fingerprint density at radius 2 is 2.28 bits per heavy atom. The van der Waals surface area contributed by atoms with Crippen molar-refractivity contribution in [1.82, 2.24) is 5.32 Å². The Labute approximate surface area is 112 Å². The summed E-state index contributed by atoms with van der Waals surface area (Å²) in [4.78, 5) is 11.8. The Bertz CT molecular complexity index is 409. The number of hydrogen-bond donors (Lipinski definition) is 2. The van der Waals surface area contributed by atoms with Crippen LogP contribution in [0.5, 0.6) is 0 Å². The first-order valence-corrected chi connectivity index (χ1v) is 6.13. The van der Waals surface area contributed by atoms with Crippen LogP contribution in [-0.4, -0.2) is 37.4 Å². The topological polar surface area (TPSA) is 58.6 Å². The Morgan fingerprint density at radius 3 is 2.89 bits per heavy atom. The van der Waals surface area contributed by atoms with Gasteiger partial charge in [-0.1, -0.05) is 11.6 Å². The number of benzene rings is 1. The maximum absolute atomic E-state index is 11.8. The van der Waals surface area contributed by atoms with E-state index in [1.807, 2.05) is 6.92 Å². The summed E-state index contributed by atoms with van der Waals surface area (Å²) in [7, 11) is 1.53. The first kappa shape index (κ1) is 15.0. The Morgan fingerprint density at radius 1 is 1.56 bits per heavy atom. The molecule has 18 heavy (non-hydrogen) atoms. The van der Waals surface area contributed by atoms with E-state index in [0.29, 0.717) is 23.6 Å². The number of halogens is 1. The van der Waals surface area contributed by atoms with E-state index in [0.717, 1.165) is 5.56 Å². The number of methoxy groups -OCH3 is 1. The van der Waals surface area contributed by atoms with Crippen LogP contribution in [0.15, 0.2) is 18.2 Å². The summed E-state index contributed by atoms with van der Waals surface area (Å²) >= 11 is 5.89. The zero-order valence-electron chi connectivity index (χ0n) is 10.6. The average molecular weight is 272 g/mol. The fraction of sp³-hybridized carbons (Fsp3) is 0.462. The molecule has 1 amide bonds. The summed E-state index contributed by atoms with van der Waals surface area (Å²) in [6.07, 6.45) is -0.0890. The van der Waals surface area contributed by atoms with Gasteiger partial charge in [-0.05, 0) is 37.1 Å². The molecule has 0 bridgehead atoms. The first-order chi connectivity index (χ1) is 8.54. The average Bonchev–Trinajstić information content (AvgIpc) is 2.33. The highest BCUT2D eigenvalue weighted by Crippen LogP contribution is 2.16. The third-order valence-corrected chi connectivity index (χ3v) is 2.97. The molecule has 0 spiro atoms. The van der Waals surface area contributed by atoms with Crippen LogP contribution >= 0.6 is 11.6 Å². The number of amides is 1. The van der Waals surface area contributed by atoms with Gasteiger partial charge in [-0.15, -0.1) is 0 Å². The van der Waals surface area contributed by atoms with Crippen LogP contribution in [0.2, 0.25) is 5.02 Å². The largest absolute Gasteiger partial charge is 0.391 e. The summed E-state index contributed by atoms with van der Waals surface area (Å²) in [5.41, 5.74) is 1.43. The molecule has 1 rings (SSSR count). The summed E-state index contributed by atoms with van der Waals surface area (Å²) in [5, 5.41) is 12.8. The molecule has 0 aromatic heterocycles. The lowest BCUT2D eigenvalue weighted by Crippen LogP contribution is -2.28. The predicted octanol–water partition coefficient (Wildman–Crippen LogP) is 1.78. The van der Waals surface area contributed by atoms with Crippen molar-refractivity contribution in [2.45, 2.75) is 19.4 Å². The standard InChI is InChI=1S/C13H18ClNO3/c1-9-7-10(3-4-12(9)14)13(17)15-6-5-11(16)8-18-2/h3-4,7,11,16H,5-6,8H2,1-2H3,(H,15,17). The van der Waals surface area contributed by atoms with E-state index in [1.165, 1.54) is 7.11 Å². The number of nitrogens with one attached hydrogen (secondary N) is 1. The van der Waals surface area contributed by atoms with Gasteiger partial charge in [0, 0.05) is 24.2 Å². The third kappa shape index (κ3) is 4.64. The van der Waals surface area contributed by atoms with Gasteiger partial charge in [-0.2, -0.15) is 0 Å². The number of carbonyl (C=O) groups excluding carboxylic acids is 1. The van der Waals surface area contributed by atoms with E-state index >= 15 is 0 Å². The molecular formula is C13H18ClNO3. The normalized spacial score (nSPS) is 12.2. The van der Waals surface area contributed by atoms with E-state index in [4.69, 9.17) is 16.3 Å². The number of aliphatic hydroxyl groups is 1. The lowest BCUT2D eigenvalue weighted by Gasteiger charge is -2.10. The van der Waals surface area contributed by atoms with Crippen molar-refractivity contribution < 1.29 is 14.6 Å². The van der Waals surface area contributed by atoms with E-state index in [1.54, 1.807) is 18.2 Å². The Hall–Kier alpha value is -1.10. The van der Waals surface area contributed by atoms with E-state index in [9.17, 15) is 9.90 Å². The van der Waals surface area contributed by atoms with Gasteiger partial charge in [-0.3, -0.25) is 4.79 Å². The molecule has 0 aliphatic heterocycles. The van der Waals surface area contributed by atoms with Gasteiger partial charge in [0.05, 0.1) is 12.7 Å². The van der Waals surface area contributed by atoms with Gasteiger partial charge < -0.3 is 15.2 Å². The highest BCUT2D eigenvalue weighted by molar-refractivity contribution is 6.31. The van der Waals surface area contributed by atoms with Crippen molar-refractivity contribution in [2.24, 2.45) is 0 Å². The van der Waals surface area contributed by atoms with Crippen LogP contribution in [-0.2, 0) is 4.74 Å². The first-order valence-electron chi connectivity index (χ1n) is 5.76. The number of ether oxygens (including phenoxy) is 1. The maximum atomic E-state index is 11.8. The van der Waals surface area contributed by atoms with Crippen molar-refractivity contribution in [2.75, 3.05) is 20.3 Å². The molecular weight excluding hydrogens is 254 g/mol. The minimum atomic E-state index is -0.553. The smallest absolute Gasteiger partial charge is 0.251 e. The second kappa shape index (κ2) is 7.36. The predicted molar refractivity (Wildman–Crippen MR) is 71.0 cm³/mol. The lowest BCUT2D eigenvalue weighted by atomic mass is 10.1. The van der Waals surface area contributed by atoms with Gasteiger partial charge >= 0.3 is 0 Å². The molecule has 0 heterocycles. The van der Waals surface area contributed by atoms with Gasteiger partial charge in [0.15, 0.2) is 0 Å². The van der Waals surface area contributed by atoms with Crippen LogP contribution in [0, 0.1) is 6.92 Å². The van der Waals surface area contributed by atoms with E-state index in [-0.39, 0.29) is 12.5 Å². The lowest BCUT2D eigenvalue weighted by molar-refractivity contribution is 0.0587. The molecule has 0 aliphatic carbocycles. The summed E-state index contributed by atoms with van der Waals surface area (Å²) in [6, 6.07) is 5.12. The van der Waals surface area contributed by atoms with Crippen LogP contribution in [0.1, 0.15) is 22.3 Å². The summed E-state index contributed by atoms with van der Waals surface area (Å²) < 4.78 is 4.80. The molecule has 0 aliphatic rings. The molecule has 0 saturated carbocycles. The monoisotopic (exact) mass is 271 g/mol. The van der Waals surface area contributed by atoms with Gasteiger partial charge in [0.2, 0.25) is 0 Å². The maximum Gasteiger partial charge on any atom is 0.251 e. The van der Waals surface area contributed by atoms with Crippen molar-refractivity contribution in [3.05, 3.63) is 34.3 Å². The Balaban J connectivity index is 2.43. The minimum Gasteiger partial charge on any atom is -0.391 e. The quantitative estimate of drug-likeness (QED) is 0.829. The molecule has 1 atom stereocenters. The minimum absolute atomic E-state index is 0.167. The molecule has 0 saturated heterocycles. The SMILES string of the molecule is COCC(O)CCNC(=O)c1ccc(Cl)c(C)c1. The highest BCUT2D eigenvalue weighted by Gasteiger charge is 2.08. The third-order valence-electron chi connectivity index (χ3n) is 2.54. The number of hydrogen-bond acceptors (Lipinski definition) is 3. The van der Waals surface area contributed by atoms with Crippen LogP contribution < -0.4 is 5.32 Å². The van der Waals surface area contributed by atoms with Gasteiger partial charge in [-0.25, -0.2) is 0 Å². The highest BCUT2D eigenvalue weighted by atomic mass is 35.5.